The fraction of sp³-hybridized carbons (Fsp3) is 0.250. The van der Waals surface area contributed by atoms with Crippen molar-refractivity contribution in [2.45, 2.75) is 13.3 Å². The monoisotopic (exact) mass is 175 g/mol. The molecule has 0 radical (unpaired) electrons. The SMILES string of the molecule is CCc1cc(F)c(N)c(F)c1F. The standard InChI is InChI=1S/C8H8F3N/c1-2-4-3-5(9)8(12)7(11)6(4)10/h3H,2,12H2,1H3. The molecule has 0 aliphatic heterocycles. The van der Waals surface area contributed by atoms with E-state index in [9.17, 15) is 13.2 Å². The zero-order valence-corrected chi connectivity index (χ0v) is 6.50. The normalized spacial score (nSPS) is 10.3. The largest absolute Gasteiger partial charge is 0.394 e. The molecule has 0 saturated heterocycles. The van der Waals surface area contributed by atoms with Gasteiger partial charge >= 0.3 is 0 Å². The molecule has 2 N–H and O–H groups in total. The molecule has 0 amide bonds. The molecule has 1 nitrogen and oxygen atoms in total. The van der Waals surface area contributed by atoms with Crippen molar-refractivity contribution >= 4 is 5.69 Å². The van der Waals surface area contributed by atoms with Crippen LogP contribution in [0.3, 0.4) is 0 Å². The number of halogens is 3. The van der Waals surface area contributed by atoms with Crippen molar-refractivity contribution < 1.29 is 13.2 Å². The van der Waals surface area contributed by atoms with Crippen molar-refractivity contribution in [1.29, 1.82) is 0 Å². The van der Waals surface area contributed by atoms with E-state index < -0.39 is 23.1 Å². The lowest BCUT2D eigenvalue weighted by Gasteiger charge is -2.04. The van der Waals surface area contributed by atoms with Gasteiger partial charge in [0.05, 0.1) is 0 Å². The number of nitrogens with two attached hydrogens (primary N) is 1. The van der Waals surface area contributed by atoms with Crippen LogP contribution in [0.15, 0.2) is 6.07 Å². The van der Waals surface area contributed by atoms with Crippen LogP contribution in [0.2, 0.25) is 0 Å². The minimum atomic E-state index is -1.30. The molecule has 0 atom stereocenters. The zero-order chi connectivity index (χ0) is 9.30. The summed E-state index contributed by atoms with van der Waals surface area (Å²) in [6, 6.07) is 0.910. The highest BCUT2D eigenvalue weighted by atomic mass is 19.2. The van der Waals surface area contributed by atoms with Gasteiger partial charge in [-0.15, -0.1) is 0 Å². The van der Waals surface area contributed by atoms with E-state index >= 15 is 0 Å². The molecule has 0 bridgehead atoms. The Kier molecular flexibility index (Phi) is 2.26. The second kappa shape index (κ2) is 3.05. The third-order valence-electron chi connectivity index (χ3n) is 1.65. The first-order chi connectivity index (χ1) is 5.57. The quantitative estimate of drug-likeness (QED) is 0.514. The van der Waals surface area contributed by atoms with Crippen LogP contribution in [0.1, 0.15) is 12.5 Å². The Hall–Kier alpha value is -1.19. The Labute approximate surface area is 68.0 Å². The molecule has 0 fully saturated rings. The number of anilines is 1. The Morgan fingerprint density at radius 2 is 1.83 bits per heavy atom. The van der Waals surface area contributed by atoms with Crippen molar-refractivity contribution in [3.8, 4) is 0 Å². The smallest absolute Gasteiger partial charge is 0.184 e. The number of hydrogen-bond acceptors (Lipinski definition) is 1. The van der Waals surface area contributed by atoms with E-state index in [2.05, 4.69) is 0 Å². The first-order valence-corrected chi connectivity index (χ1v) is 3.49. The highest BCUT2D eigenvalue weighted by molar-refractivity contribution is 5.44. The first-order valence-electron chi connectivity index (χ1n) is 3.49. The summed E-state index contributed by atoms with van der Waals surface area (Å²) in [4.78, 5) is 0. The second-order valence-electron chi connectivity index (χ2n) is 2.41. The maximum absolute atomic E-state index is 12.8. The van der Waals surface area contributed by atoms with E-state index in [1.54, 1.807) is 6.92 Å². The average molecular weight is 175 g/mol. The van der Waals surface area contributed by atoms with Crippen LogP contribution in [0, 0.1) is 17.5 Å². The molecular formula is C8H8F3N. The lowest BCUT2D eigenvalue weighted by atomic mass is 10.1. The molecular weight excluding hydrogens is 167 g/mol. The average Bonchev–Trinajstić information content (AvgIpc) is 2.08. The number of hydrogen-bond donors (Lipinski definition) is 1. The Morgan fingerprint density at radius 3 is 2.33 bits per heavy atom. The molecule has 4 heteroatoms. The van der Waals surface area contributed by atoms with Gasteiger partial charge in [0.25, 0.3) is 0 Å². The van der Waals surface area contributed by atoms with E-state index in [0.29, 0.717) is 0 Å². The van der Waals surface area contributed by atoms with Crippen molar-refractivity contribution in [2.24, 2.45) is 0 Å². The number of benzene rings is 1. The summed E-state index contributed by atoms with van der Waals surface area (Å²) in [5.41, 5.74) is 4.16. The van der Waals surface area contributed by atoms with Crippen molar-refractivity contribution in [3.05, 3.63) is 29.1 Å². The number of aryl methyl sites for hydroxylation is 1. The molecule has 66 valence electrons. The third kappa shape index (κ3) is 1.24. The molecule has 0 heterocycles. The van der Waals surface area contributed by atoms with E-state index in [-0.39, 0.29) is 12.0 Å². The van der Waals surface area contributed by atoms with Crippen LogP contribution in [0.25, 0.3) is 0 Å². The summed E-state index contributed by atoms with van der Waals surface area (Å²) < 4.78 is 38.2. The second-order valence-corrected chi connectivity index (χ2v) is 2.41. The Bertz CT molecular complexity index is 310. The summed E-state index contributed by atoms with van der Waals surface area (Å²) in [6.07, 6.45) is 0.236. The molecule has 0 saturated carbocycles. The van der Waals surface area contributed by atoms with Gasteiger partial charge in [-0.05, 0) is 18.1 Å². The highest BCUT2D eigenvalue weighted by Crippen LogP contribution is 2.21. The third-order valence-corrected chi connectivity index (χ3v) is 1.65. The predicted octanol–water partition coefficient (Wildman–Crippen LogP) is 2.25. The summed E-state index contributed by atoms with van der Waals surface area (Å²) in [6.45, 7) is 1.60. The van der Waals surface area contributed by atoms with Crippen LogP contribution >= 0.6 is 0 Å². The van der Waals surface area contributed by atoms with Gasteiger partial charge in [-0.3, -0.25) is 0 Å². The molecule has 1 rings (SSSR count). The van der Waals surface area contributed by atoms with Gasteiger partial charge in [-0.1, -0.05) is 6.92 Å². The van der Waals surface area contributed by atoms with Crippen molar-refractivity contribution in [1.82, 2.24) is 0 Å². The fourth-order valence-corrected chi connectivity index (χ4v) is 0.915. The van der Waals surface area contributed by atoms with Crippen LogP contribution < -0.4 is 5.73 Å². The first kappa shape index (κ1) is 8.90. The van der Waals surface area contributed by atoms with Crippen LogP contribution in [-0.4, -0.2) is 0 Å². The minimum Gasteiger partial charge on any atom is -0.394 e. The van der Waals surface area contributed by atoms with Crippen molar-refractivity contribution in [3.63, 3.8) is 0 Å². The number of nitrogen functional groups attached to an aromatic ring is 1. The van der Waals surface area contributed by atoms with E-state index in [4.69, 9.17) is 5.73 Å². The van der Waals surface area contributed by atoms with Gasteiger partial charge in [0.2, 0.25) is 0 Å². The molecule has 0 aromatic heterocycles. The summed E-state index contributed by atoms with van der Waals surface area (Å²) in [5.74, 6) is -3.27. The molecule has 0 spiro atoms. The zero-order valence-electron chi connectivity index (χ0n) is 6.50. The summed E-state index contributed by atoms with van der Waals surface area (Å²) >= 11 is 0. The van der Waals surface area contributed by atoms with E-state index in [1.807, 2.05) is 0 Å². The summed E-state index contributed by atoms with van der Waals surface area (Å²) in [7, 11) is 0. The molecule has 1 aromatic rings. The fourth-order valence-electron chi connectivity index (χ4n) is 0.915. The highest BCUT2D eigenvalue weighted by Gasteiger charge is 2.14. The van der Waals surface area contributed by atoms with Crippen LogP contribution in [0.5, 0.6) is 0 Å². The van der Waals surface area contributed by atoms with Gasteiger partial charge in [-0.2, -0.15) is 0 Å². The molecule has 12 heavy (non-hydrogen) atoms. The van der Waals surface area contributed by atoms with Gasteiger partial charge < -0.3 is 5.73 Å². The lowest BCUT2D eigenvalue weighted by molar-refractivity contribution is 0.491. The maximum atomic E-state index is 12.8. The van der Waals surface area contributed by atoms with E-state index in [1.165, 1.54) is 0 Å². The topological polar surface area (TPSA) is 26.0 Å². The molecule has 1 aromatic carbocycles. The van der Waals surface area contributed by atoms with Crippen LogP contribution in [-0.2, 0) is 6.42 Å². The van der Waals surface area contributed by atoms with Gasteiger partial charge in [0, 0.05) is 0 Å². The molecule has 0 aliphatic carbocycles. The number of rotatable bonds is 1. The Balaban J connectivity index is 3.39. The van der Waals surface area contributed by atoms with Gasteiger partial charge in [0.15, 0.2) is 11.6 Å². The molecule has 0 aliphatic rings. The lowest BCUT2D eigenvalue weighted by Crippen LogP contribution is -2.02. The van der Waals surface area contributed by atoms with Crippen LogP contribution in [0.4, 0.5) is 18.9 Å². The predicted molar refractivity (Wildman–Crippen MR) is 40.1 cm³/mol. The Morgan fingerprint density at radius 1 is 1.25 bits per heavy atom. The van der Waals surface area contributed by atoms with E-state index in [0.717, 1.165) is 6.07 Å². The minimum absolute atomic E-state index is 0.000741. The van der Waals surface area contributed by atoms with Crippen molar-refractivity contribution in [2.75, 3.05) is 5.73 Å². The van der Waals surface area contributed by atoms with Gasteiger partial charge in [0.1, 0.15) is 11.5 Å². The van der Waals surface area contributed by atoms with Gasteiger partial charge in [-0.25, -0.2) is 13.2 Å². The summed E-state index contributed by atoms with van der Waals surface area (Å²) in [5, 5.41) is 0. The molecule has 0 unspecified atom stereocenters. The maximum Gasteiger partial charge on any atom is 0.184 e.